The number of hydrogen-bond donors (Lipinski definition) is 1. The van der Waals surface area contributed by atoms with Crippen LogP contribution in [-0.4, -0.2) is 45.2 Å². The highest BCUT2D eigenvalue weighted by Crippen LogP contribution is 2.21. The van der Waals surface area contributed by atoms with E-state index in [0.29, 0.717) is 37.4 Å². The Labute approximate surface area is 169 Å². The number of aromatic nitrogens is 4. The Bertz CT molecular complexity index is 1060. The predicted molar refractivity (Wildman–Crippen MR) is 111 cm³/mol. The number of ether oxygens (including phenoxy) is 1. The number of aryl methyl sites for hydroxylation is 2. The van der Waals surface area contributed by atoms with Crippen molar-refractivity contribution in [3.63, 3.8) is 0 Å². The molecule has 154 valence electrons. The number of nitrogens with one attached hydrogen (secondary N) is 1. The molecule has 8 heteroatoms. The molecule has 8 nitrogen and oxygen atoms in total. The summed E-state index contributed by atoms with van der Waals surface area (Å²) in [5, 5.41) is 12.5. The highest BCUT2D eigenvalue weighted by atomic mass is 16.5. The van der Waals surface area contributed by atoms with Gasteiger partial charge in [0.1, 0.15) is 6.04 Å². The molecule has 0 radical (unpaired) electrons. The van der Waals surface area contributed by atoms with Crippen LogP contribution in [0.25, 0.3) is 16.6 Å². The SMILES string of the molecule is CCOCCCNC(=O)[C@@H](C)n1nc(C)c2c(C)n(-c3ccccc3)nc2c1=O. The first-order chi connectivity index (χ1) is 14.0. The fourth-order valence-corrected chi connectivity index (χ4v) is 3.32. The second-order valence-electron chi connectivity index (χ2n) is 6.91. The molecule has 3 aromatic rings. The second-order valence-corrected chi connectivity index (χ2v) is 6.91. The van der Waals surface area contributed by atoms with Crippen LogP contribution in [-0.2, 0) is 9.53 Å². The molecule has 1 aromatic carbocycles. The van der Waals surface area contributed by atoms with Gasteiger partial charge in [-0.1, -0.05) is 18.2 Å². The lowest BCUT2D eigenvalue weighted by atomic mass is 10.2. The maximum atomic E-state index is 13.1. The van der Waals surface area contributed by atoms with E-state index in [1.807, 2.05) is 51.1 Å². The summed E-state index contributed by atoms with van der Waals surface area (Å²) in [5.41, 5.74) is 2.31. The minimum Gasteiger partial charge on any atom is -0.382 e. The van der Waals surface area contributed by atoms with Gasteiger partial charge in [-0.15, -0.1) is 0 Å². The Balaban J connectivity index is 1.91. The monoisotopic (exact) mass is 397 g/mol. The maximum Gasteiger partial charge on any atom is 0.295 e. The van der Waals surface area contributed by atoms with Gasteiger partial charge in [-0.25, -0.2) is 9.36 Å². The zero-order chi connectivity index (χ0) is 21.0. The normalized spacial score (nSPS) is 12.3. The Kier molecular flexibility index (Phi) is 6.43. The molecule has 0 fully saturated rings. The topological polar surface area (TPSA) is 91.0 Å². The lowest BCUT2D eigenvalue weighted by Crippen LogP contribution is -2.38. The molecule has 0 saturated heterocycles. The van der Waals surface area contributed by atoms with Crippen molar-refractivity contribution < 1.29 is 9.53 Å². The van der Waals surface area contributed by atoms with Gasteiger partial charge < -0.3 is 10.1 Å². The van der Waals surface area contributed by atoms with Gasteiger partial charge in [0, 0.05) is 19.8 Å². The molecule has 29 heavy (non-hydrogen) atoms. The van der Waals surface area contributed by atoms with Gasteiger partial charge in [-0.3, -0.25) is 9.59 Å². The van der Waals surface area contributed by atoms with Crippen LogP contribution in [0.1, 0.15) is 37.7 Å². The number of rotatable bonds is 8. The van der Waals surface area contributed by atoms with E-state index >= 15 is 0 Å². The first-order valence-electron chi connectivity index (χ1n) is 9.85. The Hall–Kier alpha value is -3.00. The van der Waals surface area contributed by atoms with Gasteiger partial charge in [0.25, 0.3) is 5.56 Å². The summed E-state index contributed by atoms with van der Waals surface area (Å²) < 4.78 is 8.22. The number of nitrogens with zero attached hydrogens (tertiary/aromatic N) is 4. The van der Waals surface area contributed by atoms with Gasteiger partial charge in [0.05, 0.1) is 22.5 Å². The van der Waals surface area contributed by atoms with Gasteiger partial charge >= 0.3 is 0 Å². The van der Waals surface area contributed by atoms with Crippen LogP contribution < -0.4 is 10.9 Å². The van der Waals surface area contributed by atoms with Crippen molar-refractivity contribution in [1.82, 2.24) is 24.9 Å². The van der Waals surface area contributed by atoms with Crippen molar-refractivity contribution >= 4 is 16.8 Å². The number of para-hydroxylation sites is 1. The number of carbonyl (C=O) groups excluding carboxylic acids is 1. The number of benzene rings is 1. The number of fused-ring (bicyclic) bond motifs is 1. The summed E-state index contributed by atoms with van der Waals surface area (Å²) >= 11 is 0. The smallest absolute Gasteiger partial charge is 0.295 e. The van der Waals surface area contributed by atoms with Crippen LogP contribution in [0.4, 0.5) is 0 Å². The lowest BCUT2D eigenvalue weighted by molar-refractivity contribution is -0.124. The Morgan fingerprint density at radius 3 is 2.62 bits per heavy atom. The van der Waals surface area contributed by atoms with Crippen molar-refractivity contribution in [2.24, 2.45) is 0 Å². The molecular weight excluding hydrogens is 370 g/mol. The van der Waals surface area contributed by atoms with Gasteiger partial charge in [-0.2, -0.15) is 10.2 Å². The Morgan fingerprint density at radius 1 is 1.21 bits per heavy atom. The molecule has 2 heterocycles. The number of carbonyl (C=O) groups is 1. The van der Waals surface area contributed by atoms with Crippen molar-refractivity contribution in [3.8, 4) is 5.69 Å². The molecule has 1 N–H and O–H groups in total. The predicted octanol–water partition coefficient (Wildman–Crippen LogP) is 2.30. The molecule has 3 rings (SSSR count). The van der Waals surface area contributed by atoms with E-state index in [-0.39, 0.29) is 11.5 Å². The third-order valence-corrected chi connectivity index (χ3v) is 4.86. The molecule has 0 spiro atoms. The summed E-state index contributed by atoms with van der Waals surface area (Å²) in [5.74, 6) is -0.255. The van der Waals surface area contributed by atoms with Crippen molar-refractivity contribution in [1.29, 1.82) is 0 Å². The molecule has 0 saturated carbocycles. The van der Waals surface area contributed by atoms with Crippen LogP contribution in [0.3, 0.4) is 0 Å². The lowest BCUT2D eigenvalue weighted by Gasteiger charge is -2.14. The maximum absolute atomic E-state index is 13.1. The van der Waals surface area contributed by atoms with Crippen LogP contribution in [0.2, 0.25) is 0 Å². The standard InChI is InChI=1S/C21H27N5O3/c1-5-29-13-9-12-22-20(27)16(4)26-21(28)19-18(14(2)23-26)15(3)25(24-19)17-10-7-6-8-11-17/h6-8,10-11,16H,5,9,12-13H2,1-4H3,(H,22,27)/t16-/m1/s1. The van der Waals surface area contributed by atoms with E-state index in [2.05, 4.69) is 15.5 Å². The molecule has 0 aliphatic rings. The molecule has 2 aromatic heterocycles. The highest BCUT2D eigenvalue weighted by molar-refractivity contribution is 5.84. The second kappa shape index (κ2) is 9.00. The van der Waals surface area contributed by atoms with E-state index in [1.54, 1.807) is 11.6 Å². The summed E-state index contributed by atoms with van der Waals surface area (Å²) in [6.45, 7) is 9.06. The zero-order valence-corrected chi connectivity index (χ0v) is 17.3. The molecule has 0 aliphatic carbocycles. The molecular formula is C21H27N5O3. The average molecular weight is 397 g/mol. The molecule has 1 amide bonds. The largest absolute Gasteiger partial charge is 0.382 e. The first-order valence-corrected chi connectivity index (χ1v) is 9.85. The fourth-order valence-electron chi connectivity index (χ4n) is 3.32. The third kappa shape index (κ3) is 4.22. The van der Waals surface area contributed by atoms with Gasteiger partial charge in [0.2, 0.25) is 5.91 Å². The minimum absolute atomic E-state index is 0.255. The van der Waals surface area contributed by atoms with Crippen LogP contribution >= 0.6 is 0 Å². The van der Waals surface area contributed by atoms with Gasteiger partial charge in [0.15, 0.2) is 5.52 Å². The molecule has 0 aliphatic heterocycles. The Morgan fingerprint density at radius 2 is 1.93 bits per heavy atom. The molecule has 0 bridgehead atoms. The number of amides is 1. The van der Waals surface area contributed by atoms with E-state index in [4.69, 9.17) is 4.74 Å². The van der Waals surface area contributed by atoms with Crippen molar-refractivity contribution in [2.45, 2.75) is 40.2 Å². The van der Waals surface area contributed by atoms with Crippen LogP contribution in [0.15, 0.2) is 35.1 Å². The average Bonchev–Trinajstić information content (AvgIpc) is 3.08. The van der Waals surface area contributed by atoms with E-state index < -0.39 is 6.04 Å². The molecule has 0 unspecified atom stereocenters. The summed E-state index contributed by atoms with van der Waals surface area (Å²) in [4.78, 5) is 25.6. The van der Waals surface area contributed by atoms with Crippen molar-refractivity contribution in [3.05, 3.63) is 52.1 Å². The van der Waals surface area contributed by atoms with E-state index in [1.165, 1.54) is 4.68 Å². The fraction of sp³-hybridized carbons (Fsp3) is 0.429. The summed E-state index contributed by atoms with van der Waals surface area (Å²) in [7, 11) is 0. The highest BCUT2D eigenvalue weighted by Gasteiger charge is 2.22. The van der Waals surface area contributed by atoms with E-state index in [9.17, 15) is 9.59 Å². The van der Waals surface area contributed by atoms with Crippen molar-refractivity contribution in [2.75, 3.05) is 19.8 Å². The molecule has 1 atom stereocenters. The van der Waals surface area contributed by atoms with Crippen LogP contribution in [0.5, 0.6) is 0 Å². The quantitative estimate of drug-likeness (QED) is 0.589. The summed E-state index contributed by atoms with van der Waals surface area (Å²) in [6, 6.07) is 8.89. The first kappa shape index (κ1) is 20.7. The van der Waals surface area contributed by atoms with Crippen LogP contribution in [0, 0.1) is 13.8 Å². The third-order valence-electron chi connectivity index (χ3n) is 4.86. The zero-order valence-electron chi connectivity index (χ0n) is 17.3. The van der Waals surface area contributed by atoms with Gasteiger partial charge in [-0.05, 0) is 46.2 Å². The summed E-state index contributed by atoms with van der Waals surface area (Å²) in [6.07, 6.45) is 0.716. The number of hydrogen-bond acceptors (Lipinski definition) is 5. The van der Waals surface area contributed by atoms with E-state index in [0.717, 1.165) is 16.8 Å². The minimum atomic E-state index is -0.736.